The maximum atomic E-state index is 11.4. The molecule has 1 rings (SSSR count). The number of carbonyl (C=O) groups is 1. The van der Waals surface area contributed by atoms with Crippen molar-refractivity contribution in [2.24, 2.45) is 0 Å². The van der Waals surface area contributed by atoms with Crippen LogP contribution in [-0.2, 0) is 4.79 Å². The van der Waals surface area contributed by atoms with Gasteiger partial charge in [-0.3, -0.25) is 4.79 Å². The molecule has 0 spiro atoms. The molecule has 0 aromatic heterocycles. The number of rotatable bonds is 2. The highest BCUT2D eigenvalue weighted by Crippen LogP contribution is 2.26. The number of aliphatic hydroxyl groups is 1. The molecule has 0 bridgehead atoms. The smallest absolute Gasteiger partial charge is 0.246 e. The fourth-order valence-electron chi connectivity index (χ4n) is 1.88. The third kappa shape index (κ3) is 2.10. The van der Waals surface area contributed by atoms with Crippen molar-refractivity contribution < 1.29 is 9.90 Å². The Bertz CT molecular complexity index is 217. The minimum Gasteiger partial charge on any atom is -0.388 e. The third-order valence-corrected chi connectivity index (χ3v) is 2.53. The molecule has 1 heterocycles. The van der Waals surface area contributed by atoms with Gasteiger partial charge in [-0.2, -0.15) is 0 Å². The Balaban J connectivity index is 2.75. The van der Waals surface area contributed by atoms with Crippen LogP contribution in [0.2, 0.25) is 0 Å². The monoisotopic (exact) mass is 183 g/mol. The third-order valence-electron chi connectivity index (χ3n) is 2.53. The van der Waals surface area contributed by atoms with Gasteiger partial charge in [-0.05, 0) is 32.8 Å². The van der Waals surface area contributed by atoms with Gasteiger partial charge in [0.2, 0.25) is 5.91 Å². The van der Waals surface area contributed by atoms with E-state index in [4.69, 9.17) is 0 Å². The van der Waals surface area contributed by atoms with E-state index in [0.717, 1.165) is 19.4 Å². The summed E-state index contributed by atoms with van der Waals surface area (Å²) in [5.41, 5.74) is -0.810. The summed E-state index contributed by atoms with van der Waals surface area (Å²) in [6.07, 6.45) is 3.15. The lowest BCUT2D eigenvalue weighted by Gasteiger charge is -2.33. The van der Waals surface area contributed by atoms with Crippen LogP contribution in [-0.4, -0.2) is 34.1 Å². The summed E-state index contributed by atoms with van der Waals surface area (Å²) in [5, 5.41) is 9.80. The summed E-state index contributed by atoms with van der Waals surface area (Å²) in [4.78, 5) is 13.1. The fraction of sp³-hybridized carbons (Fsp3) is 0.700. The SMILES string of the molecule is C=CC(=O)N1CCCC1C(C)(C)O. The largest absolute Gasteiger partial charge is 0.388 e. The van der Waals surface area contributed by atoms with Gasteiger partial charge < -0.3 is 10.0 Å². The van der Waals surface area contributed by atoms with Crippen LogP contribution in [0.3, 0.4) is 0 Å². The van der Waals surface area contributed by atoms with Gasteiger partial charge in [-0.1, -0.05) is 6.58 Å². The summed E-state index contributed by atoms with van der Waals surface area (Å²) in [7, 11) is 0. The second-order valence-electron chi connectivity index (χ2n) is 4.05. The molecule has 1 atom stereocenters. The van der Waals surface area contributed by atoms with Gasteiger partial charge in [0.05, 0.1) is 11.6 Å². The summed E-state index contributed by atoms with van der Waals surface area (Å²) < 4.78 is 0. The van der Waals surface area contributed by atoms with Gasteiger partial charge in [-0.25, -0.2) is 0 Å². The van der Waals surface area contributed by atoms with Crippen LogP contribution in [0, 0.1) is 0 Å². The van der Waals surface area contributed by atoms with Gasteiger partial charge in [0.25, 0.3) is 0 Å². The average molecular weight is 183 g/mol. The van der Waals surface area contributed by atoms with Crippen LogP contribution < -0.4 is 0 Å². The zero-order chi connectivity index (χ0) is 10.1. The molecular formula is C10H17NO2. The molecule has 1 fully saturated rings. The van der Waals surface area contributed by atoms with E-state index in [-0.39, 0.29) is 11.9 Å². The van der Waals surface area contributed by atoms with Crippen LogP contribution in [0.4, 0.5) is 0 Å². The molecule has 0 aromatic carbocycles. The van der Waals surface area contributed by atoms with E-state index in [1.807, 2.05) is 0 Å². The maximum Gasteiger partial charge on any atom is 0.246 e. The van der Waals surface area contributed by atoms with Crippen molar-refractivity contribution >= 4 is 5.91 Å². The Kier molecular flexibility index (Phi) is 2.76. The van der Waals surface area contributed by atoms with Crippen LogP contribution in [0.15, 0.2) is 12.7 Å². The predicted octanol–water partition coefficient (Wildman–Crippen LogP) is 0.934. The number of likely N-dealkylation sites (tertiary alicyclic amines) is 1. The second kappa shape index (κ2) is 3.50. The highest BCUT2D eigenvalue weighted by Gasteiger charge is 2.37. The Morgan fingerprint density at radius 2 is 2.31 bits per heavy atom. The van der Waals surface area contributed by atoms with E-state index in [1.165, 1.54) is 6.08 Å². The summed E-state index contributed by atoms with van der Waals surface area (Å²) in [6, 6.07) is -0.0574. The van der Waals surface area contributed by atoms with E-state index in [2.05, 4.69) is 6.58 Å². The van der Waals surface area contributed by atoms with Crippen molar-refractivity contribution in [3.8, 4) is 0 Å². The molecule has 1 aliphatic heterocycles. The molecule has 1 saturated heterocycles. The lowest BCUT2D eigenvalue weighted by Crippen LogP contribution is -2.47. The van der Waals surface area contributed by atoms with E-state index < -0.39 is 5.60 Å². The zero-order valence-corrected chi connectivity index (χ0v) is 8.29. The zero-order valence-electron chi connectivity index (χ0n) is 8.29. The normalized spacial score (nSPS) is 23.3. The quantitative estimate of drug-likeness (QED) is 0.647. The van der Waals surface area contributed by atoms with Gasteiger partial charge in [0.1, 0.15) is 0 Å². The second-order valence-corrected chi connectivity index (χ2v) is 4.05. The molecular weight excluding hydrogens is 166 g/mol. The minimum atomic E-state index is -0.810. The molecule has 1 aliphatic rings. The first-order valence-electron chi connectivity index (χ1n) is 4.62. The van der Waals surface area contributed by atoms with Crippen molar-refractivity contribution in [1.29, 1.82) is 0 Å². The molecule has 1 amide bonds. The fourth-order valence-corrected chi connectivity index (χ4v) is 1.88. The van der Waals surface area contributed by atoms with E-state index in [1.54, 1.807) is 18.7 Å². The Morgan fingerprint density at radius 1 is 1.69 bits per heavy atom. The first-order valence-corrected chi connectivity index (χ1v) is 4.62. The molecule has 0 saturated carbocycles. The number of hydrogen-bond donors (Lipinski definition) is 1. The van der Waals surface area contributed by atoms with E-state index >= 15 is 0 Å². The average Bonchev–Trinajstić information content (AvgIpc) is 2.49. The highest BCUT2D eigenvalue weighted by molar-refractivity contribution is 5.87. The first-order chi connectivity index (χ1) is 5.96. The Hall–Kier alpha value is -0.830. The minimum absolute atomic E-state index is 0.0574. The van der Waals surface area contributed by atoms with E-state index in [9.17, 15) is 9.90 Å². The lowest BCUT2D eigenvalue weighted by atomic mass is 9.97. The van der Waals surface area contributed by atoms with Gasteiger partial charge in [0, 0.05) is 6.54 Å². The number of amides is 1. The molecule has 74 valence electrons. The lowest BCUT2D eigenvalue weighted by molar-refractivity contribution is -0.131. The molecule has 3 heteroatoms. The molecule has 1 unspecified atom stereocenters. The Morgan fingerprint density at radius 3 is 2.77 bits per heavy atom. The standard InChI is InChI=1S/C10H17NO2/c1-4-9(12)11-7-5-6-8(11)10(2,3)13/h4,8,13H,1,5-7H2,2-3H3. The highest BCUT2D eigenvalue weighted by atomic mass is 16.3. The molecule has 0 aromatic rings. The summed E-state index contributed by atoms with van der Waals surface area (Å²) in [5.74, 6) is -0.0791. The van der Waals surface area contributed by atoms with Gasteiger partial charge in [-0.15, -0.1) is 0 Å². The molecule has 1 N–H and O–H groups in total. The number of carbonyl (C=O) groups excluding carboxylic acids is 1. The number of hydrogen-bond acceptors (Lipinski definition) is 2. The topological polar surface area (TPSA) is 40.5 Å². The van der Waals surface area contributed by atoms with Crippen molar-refractivity contribution in [1.82, 2.24) is 4.90 Å². The van der Waals surface area contributed by atoms with Crippen molar-refractivity contribution in [3.63, 3.8) is 0 Å². The maximum absolute atomic E-state index is 11.4. The molecule has 0 radical (unpaired) electrons. The number of nitrogens with zero attached hydrogens (tertiary/aromatic N) is 1. The van der Waals surface area contributed by atoms with Crippen LogP contribution in [0.25, 0.3) is 0 Å². The van der Waals surface area contributed by atoms with E-state index in [0.29, 0.717) is 0 Å². The van der Waals surface area contributed by atoms with Crippen LogP contribution in [0.5, 0.6) is 0 Å². The molecule has 13 heavy (non-hydrogen) atoms. The van der Waals surface area contributed by atoms with Gasteiger partial charge in [0.15, 0.2) is 0 Å². The van der Waals surface area contributed by atoms with Crippen LogP contribution in [0.1, 0.15) is 26.7 Å². The van der Waals surface area contributed by atoms with Crippen molar-refractivity contribution in [2.75, 3.05) is 6.54 Å². The first kappa shape index (κ1) is 10.3. The van der Waals surface area contributed by atoms with Gasteiger partial charge >= 0.3 is 0 Å². The molecule has 0 aliphatic carbocycles. The van der Waals surface area contributed by atoms with Crippen molar-refractivity contribution in [3.05, 3.63) is 12.7 Å². The van der Waals surface area contributed by atoms with Crippen molar-refractivity contribution in [2.45, 2.75) is 38.3 Å². The Labute approximate surface area is 79.0 Å². The summed E-state index contributed by atoms with van der Waals surface area (Å²) >= 11 is 0. The van der Waals surface area contributed by atoms with Crippen LogP contribution >= 0.6 is 0 Å². The summed E-state index contributed by atoms with van der Waals surface area (Å²) in [6.45, 7) is 7.67. The molecule has 3 nitrogen and oxygen atoms in total. The predicted molar refractivity (Wildman–Crippen MR) is 51.2 cm³/mol.